The minimum atomic E-state index is -3.38. The first kappa shape index (κ1) is 14.8. The Morgan fingerprint density at radius 2 is 1.94 bits per heavy atom. The van der Waals surface area contributed by atoms with Crippen LogP contribution in [-0.2, 0) is 19.0 Å². The van der Waals surface area contributed by atoms with Gasteiger partial charge in [-0.3, -0.25) is 4.79 Å². The van der Waals surface area contributed by atoms with E-state index < -0.39 is 29.3 Å². The molecule has 1 atom stereocenters. The summed E-state index contributed by atoms with van der Waals surface area (Å²) in [5.74, 6) is -5.59. The summed E-state index contributed by atoms with van der Waals surface area (Å²) in [5.41, 5.74) is 0. The van der Waals surface area contributed by atoms with E-state index in [2.05, 4.69) is 4.74 Å². The van der Waals surface area contributed by atoms with E-state index in [0.717, 1.165) is 13.2 Å². The number of carbonyl (C=O) groups excluding carboxylic acids is 1. The minimum Gasteiger partial charge on any atom is -0.493 e. The third-order valence-electron chi connectivity index (χ3n) is 2.56. The Balaban J connectivity index is 3.26. The number of methoxy groups -OCH3 is 3. The second-order valence-corrected chi connectivity index (χ2v) is 4.01. The van der Waals surface area contributed by atoms with Gasteiger partial charge in [0.25, 0.3) is 0 Å². The summed E-state index contributed by atoms with van der Waals surface area (Å²) in [6, 6.07) is 0. The standard InChI is InChI=1S/C11H13ClF2O4/c1-16-7-4-6(5-8(12)15)11(13,14)10(18-3)9(7)17-2/h4,6H,5H2,1-3H3. The number of halogens is 3. The lowest BCUT2D eigenvalue weighted by atomic mass is 9.90. The molecule has 1 rings (SSSR count). The number of hydrogen-bond donors (Lipinski definition) is 0. The van der Waals surface area contributed by atoms with Crippen molar-refractivity contribution in [3.8, 4) is 0 Å². The summed E-state index contributed by atoms with van der Waals surface area (Å²) in [7, 11) is 3.63. The monoisotopic (exact) mass is 282 g/mol. The molecule has 0 aromatic heterocycles. The Morgan fingerprint density at radius 3 is 2.33 bits per heavy atom. The Hall–Kier alpha value is -1.30. The molecule has 0 aromatic carbocycles. The molecule has 18 heavy (non-hydrogen) atoms. The molecular formula is C11H13ClF2O4. The summed E-state index contributed by atoms with van der Waals surface area (Å²) in [4.78, 5) is 10.8. The molecule has 1 unspecified atom stereocenters. The summed E-state index contributed by atoms with van der Waals surface area (Å²) in [5, 5.41) is -0.859. The van der Waals surface area contributed by atoms with Gasteiger partial charge in [-0.15, -0.1) is 0 Å². The van der Waals surface area contributed by atoms with Gasteiger partial charge in [0.1, 0.15) is 0 Å². The molecule has 4 nitrogen and oxygen atoms in total. The van der Waals surface area contributed by atoms with E-state index in [-0.39, 0.29) is 11.5 Å². The molecule has 102 valence electrons. The van der Waals surface area contributed by atoms with E-state index in [4.69, 9.17) is 21.1 Å². The zero-order chi connectivity index (χ0) is 13.9. The van der Waals surface area contributed by atoms with Crippen molar-refractivity contribution in [1.29, 1.82) is 0 Å². The molecule has 0 amide bonds. The highest BCUT2D eigenvalue weighted by Gasteiger charge is 2.50. The van der Waals surface area contributed by atoms with Crippen LogP contribution in [-0.4, -0.2) is 32.5 Å². The van der Waals surface area contributed by atoms with Gasteiger partial charge in [-0.1, -0.05) is 0 Å². The van der Waals surface area contributed by atoms with E-state index in [1.807, 2.05) is 0 Å². The van der Waals surface area contributed by atoms with Crippen molar-refractivity contribution >= 4 is 16.8 Å². The number of carbonyl (C=O) groups is 1. The third kappa shape index (κ3) is 2.58. The highest BCUT2D eigenvalue weighted by Crippen LogP contribution is 2.43. The lowest BCUT2D eigenvalue weighted by Gasteiger charge is -2.31. The molecule has 0 aliphatic heterocycles. The van der Waals surface area contributed by atoms with E-state index in [0.29, 0.717) is 0 Å². The first-order valence-electron chi connectivity index (χ1n) is 5.03. The first-order valence-corrected chi connectivity index (χ1v) is 5.41. The molecule has 0 saturated carbocycles. The Morgan fingerprint density at radius 1 is 1.33 bits per heavy atom. The molecule has 0 radical (unpaired) electrons. The highest BCUT2D eigenvalue weighted by atomic mass is 35.5. The predicted molar refractivity (Wildman–Crippen MR) is 60.1 cm³/mol. The molecule has 0 spiro atoms. The van der Waals surface area contributed by atoms with Crippen LogP contribution in [0.15, 0.2) is 23.4 Å². The fourth-order valence-electron chi connectivity index (χ4n) is 1.74. The maximum atomic E-state index is 14.1. The van der Waals surface area contributed by atoms with Crippen molar-refractivity contribution in [2.45, 2.75) is 12.3 Å². The zero-order valence-corrected chi connectivity index (χ0v) is 10.9. The van der Waals surface area contributed by atoms with Crippen LogP contribution in [0.2, 0.25) is 0 Å². The fourth-order valence-corrected chi connectivity index (χ4v) is 1.90. The quantitative estimate of drug-likeness (QED) is 0.727. The summed E-state index contributed by atoms with van der Waals surface area (Å²) in [6.45, 7) is 0. The maximum Gasteiger partial charge on any atom is 0.314 e. The molecule has 0 aromatic rings. The van der Waals surface area contributed by atoms with Crippen molar-refractivity contribution in [3.63, 3.8) is 0 Å². The van der Waals surface area contributed by atoms with E-state index in [1.165, 1.54) is 14.2 Å². The Bertz CT molecular complexity index is 404. The smallest absolute Gasteiger partial charge is 0.314 e. The topological polar surface area (TPSA) is 44.8 Å². The largest absolute Gasteiger partial charge is 0.493 e. The second kappa shape index (κ2) is 5.56. The highest BCUT2D eigenvalue weighted by molar-refractivity contribution is 6.63. The fraction of sp³-hybridized carbons (Fsp3) is 0.545. The summed E-state index contributed by atoms with van der Waals surface area (Å²) >= 11 is 5.16. The van der Waals surface area contributed by atoms with E-state index in [1.54, 1.807) is 0 Å². The van der Waals surface area contributed by atoms with Gasteiger partial charge in [-0.25, -0.2) is 0 Å². The van der Waals surface area contributed by atoms with Gasteiger partial charge >= 0.3 is 5.92 Å². The molecule has 1 aliphatic carbocycles. The van der Waals surface area contributed by atoms with Gasteiger partial charge < -0.3 is 14.2 Å². The van der Waals surface area contributed by atoms with E-state index >= 15 is 0 Å². The summed E-state index contributed by atoms with van der Waals surface area (Å²) < 4.78 is 42.6. The van der Waals surface area contributed by atoms with Crippen LogP contribution in [0.25, 0.3) is 0 Å². The second-order valence-electron chi connectivity index (χ2n) is 3.59. The van der Waals surface area contributed by atoms with Crippen molar-refractivity contribution in [1.82, 2.24) is 0 Å². The number of alkyl halides is 2. The number of hydrogen-bond acceptors (Lipinski definition) is 4. The molecule has 1 aliphatic rings. The van der Waals surface area contributed by atoms with Gasteiger partial charge in [0, 0.05) is 6.42 Å². The lowest BCUT2D eigenvalue weighted by molar-refractivity contribution is -0.116. The zero-order valence-electron chi connectivity index (χ0n) is 10.1. The van der Waals surface area contributed by atoms with Crippen molar-refractivity contribution in [2.24, 2.45) is 5.92 Å². The van der Waals surface area contributed by atoms with Crippen molar-refractivity contribution < 1.29 is 27.8 Å². The number of allylic oxidation sites excluding steroid dienone is 2. The van der Waals surface area contributed by atoms with E-state index in [9.17, 15) is 13.6 Å². The molecule has 0 fully saturated rings. The van der Waals surface area contributed by atoms with Crippen LogP contribution >= 0.6 is 11.6 Å². The first-order chi connectivity index (χ1) is 8.38. The maximum absolute atomic E-state index is 14.1. The van der Waals surface area contributed by atoms with Gasteiger partial charge in [-0.05, 0) is 17.7 Å². The molecule has 0 saturated heterocycles. The van der Waals surface area contributed by atoms with Crippen LogP contribution in [0.5, 0.6) is 0 Å². The lowest BCUT2D eigenvalue weighted by Crippen LogP contribution is -2.36. The Labute approximate surface area is 108 Å². The minimum absolute atomic E-state index is 0.0863. The van der Waals surface area contributed by atoms with Gasteiger partial charge in [0.05, 0.1) is 27.2 Å². The molecular weight excluding hydrogens is 270 g/mol. The van der Waals surface area contributed by atoms with Crippen LogP contribution in [0.4, 0.5) is 8.78 Å². The average Bonchev–Trinajstić information content (AvgIpc) is 2.30. The van der Waals surface area contributed by atoms with Gasteiger partial charge in [-0.2, -0.15) is 8.78 Å². The predicted octanol–water partition coefficient (Wildman–Crippen LogP) is 2.44. The summed E-state index contributed by atoms with van der Waals surface area (Å²) in [6.07, 6.45) is 0.590. The number of rotatable bonds is 5. The van der Waals surface area contributed by atoms with Crippen LogP contribution in [0.1, 0.15) is 6.42 Å². The molecule has 0 N–H and O–H groups in total. The van der Waals surface area contributed by atoms with Crippen LogP contribution in [0.3, 0.4) is 0 Å². The average molecular weight is 283 g/mol. The normalized spacial score (nSPS) is 22.3. The molecule has 0 bridgehead atoms. The SMILES string of the molecule is COC1=CC(CC(=O)Cl)C(F)(F)C(OC)=C1OC. The molecule has 0 heterocycles. The van der Waals surface area contributed by atoms with Crippen molar-refractivity contribution in [2.75, 3.05) is 21.3 Å². The molecule has 7 heteroatoms. The number of ether oxygens (including phenoxy) is 3. The van der Waals surface area contributed by atoms with Crippen LogP contribution < -0.4 is 0 Å². The third-order valence-corrected chi connectivity index (χ3v) is 2.71. The Kier molecular flexibility index (Phi) is 4.56. The van der Waals surface area contributed by atoms with Crippen LogP contribution in [0, 0.1) is 5.92 Å². The van der Waals surface area contributed by atoms with Gasteiger partial charge in [0.2, 0.25) is 16.8 Å². The van der Waals surface area contributed by atoms with Crippen molar-refractivity contribution in [3.05, 3.63) is 23.4 Å². The van der Waals surface area contributed by atoms with Gasteiger partial charge in [0.15, 0.2) is 5.76 Å².